The molecule has 0 unspecified atom stereocenters. The van der Waals surface area contributed by atoms with Crippen molar-refractivity contribution >= 4 is 16.8 Å². The largest absolute Gasteiger partial charge is 0.425 e. The standard InChI is InChI=1S/C24H28N6O2/c31-24(30-14-4-3-6-19(30)11-15-29-13-5-12-26-29)10-9-22-27-28-23(32-22)16-18-17-25-21-8-2-1-7-20(18)21/h1-2,5,7-8,12-13,17,19,25H,3-4,6,9-11,14-16H2/t19-/m1/s1. The molecule has 1 aliphatic heterocycles. The molecule has 5 rings (SSSR count). The lowest BCUT2D eigenvalue weighted by molar-refractivity contribution is -0.135. The molecule has 1 fully saturated rings. The Morgan fingerprint density at radius 2 is 2.06 bits per heavy atom. The minimum Gasteiger partial charge on any atom is -0.425 e. The number of aromatic nitrogens is 5. The van der Waals surface area contributed by atoms with E-state index < -0.39 is 0 Å². The van der Waals surface area contributed by atoms with Crippen LogP contribution in [0.15, 0.2) is 53.3 Å². The third-order valence-electron chi connectivity index (χ3n) is 6.28. The molecule has 1 atom stereocenters. The second-order valence-electron chi connectivity index (χ2n) is 8.42. The molecule has 0 saturated carbocycles. The topological polar surface area (TPSA) is 92.8 Å². The number of H-pyrrole nitrogens is 1. The Labute approximate surface area is 186 Å². The first-order valence-corrected chi connectivity index (χ1v) is 11.4. The first kappa shape index (κ1) is 20.5. The molecule has 32 heavy (non-hydrogen) atoms. The van der Waals surface area contributed by atoms with Crippen LogP contribution in [0.4, 0.5) is 0 Å². The van der Waals surface area contributed by atoms with Crippen molar-refractivity contribution in [2.45, 2.75) is 57.5 Å². The maximum Gasteiger partial charge on any atom is 0.223 e. The molecule has 1 amide bonds. The molecule has 1 aromatic carbocycles. The van der Waals surface area contributed by atoms with Gasteiger partial charge in [-0.3, -0.25) is 9.48 Å². The highest BCUT2D eigenvalue weighted by Gasteiger charge is 2.26. The second-order valence-corrected chi connectivity index (χ2v) is 8.42. The molecule has 8 nitrogen and oxygen atoms in total. The summed E-state index contributed by atoms with van der Waals surface area (Å²) in [4.78, 5) is 18.3. The maximum atomic E-state index is 13.0. The Kier molecular flexibility index (Phi) is 6.00. The van der Waals surface area contributed by atoms with Crippen molar-refractivity contribution in [2.75, 3.05) is 6.54 Å². The van der Waals surface area contributed by atoms with Crippen LogP contribution in [0, 0.1) is 0 Å². The van der Waals surface area contributed by atoms with Gasteiger partial charge in [-0.15, -0.1) is 10.2 Å². The molecule has 3 aromatic heterocycles. The van der Waals surface area contributed by atoms with Crippen LogP contribution in [-0.2, 0) is 24.2 Å². The number of rotatable bonds is 8. The van der Waals surface area contributed by atoms with Gasteiger partial charge in [-0.05, 0) is 43.4 Å². The van der Waals surface area contributed by atoms with Crippen LogP contribution in [-0.4, -0.2) is 48.4 Å². The Morgan fingerprint density at radius 3 is 2.97 bits per heavy atom. The van der Waals surface area contributed by atoms with Crippen molar-refractivity contribution < 1.29 is 9.21 Å². The first-order chi connectivity index (χ1) is 15.8. The van der Waals surface area contributed by atoms with Crippen LogP contribution in [0.1, 0.15) is 49.4 Å². The van der Waals surface area contributed by atoms with Crippen molar-refractivity contribution in [1.29, 1.82) is 0 Å². The minimum atomic E-state index is 0.173. The number of aromatic amines is 1. The lowest BCUT2D eigenvalue weighted by atomic mass is 9.98. The molecule has 0 bridgehead atoms. The molecule has 1 saturated heterocycles. The number of carbonyl (C=O) groups excluding carboxylic acids is 1. The lowest BCUT2D eigenvalue weighted by Crippen LogP contribution is -2.44. The quantitative estimate of drug-likeness (QED) is 0.458. The van der Waals surface area contributed by atoms with E-state index in [1.807, 2.05) is 41.3 Å². The van der Waals surface area contributed by atoms with Crippen molar-refractivity contribution in [3.05, 3.63) is 66.3 Å². The van der Waals surface area contributed by atoms with Gasteiger partial charge in [0.2, 0.25) is 17.7 Å². The molecule has 1 aliphatic rings. The number of para-hydroxylation sites is 1. The molecule has 4 aromatic rings. The third-order valence-corrected chi connectivity index (χ3v) is 6.28. The molecular formula is C24H28N6O2. The molecule has 166 valence electrons. The van der Waals surface area contributed by atoms with Crippen molar-refractivity contribution in [3.8, 4) is 0 Å². The number of likely N-dealkylation sites (tertiary alicyclic amines) is 1. The molecule has 1 N–H and O–H groups in total. The highest BCUT2D eigenvalue weighted by Crippen LogP contribution is 2.23. The zero-order chi connectivity index (χ0) is 21.8. The zero-order valence-electron chi connectivity index (χ0n) is 18.1. The van der Waals surface area contributed by atoms with Gasteiger partial charge in [0.05, 0.1) is 6.42 Å². The van der Waals surface area contributed by atoms with E-state index in [2.05, 4.69) is 31.2 Å². The number of hydrogen-bond acceptors (Lipinski definition) is 5. The molecule has 0 radical (unpaired) electrons. The summed E-state index contributed by atoms with van der Waals surface area (Å²) in [6.07, 6.45) is 11.4. The summed E-state index contributed by atoms with van der Waals surface area (Å²) < 4.78 is 7.78. The second kappa shape index (κ2) is 9.38. The molecule has 0 aliphatic carbocycles. The average Bonchev–Trinajstić information content (AvgIpc) is 3.59. The van der Waals surface area contributed by atoms with Gasteiger partial charge in [0.25, 0.3) is 0 Å². The number of carbonyl (C=O) groups is 1. The van der Waals surface area contributed by atoms with Gasteiger partial charge in [-0.2, -0.15) is 5.10 Å². The van der Waals surface area contributed by atoms with Crippen LogP contribution in [0.25, 0.3) is 10.9 Å². The molecule has 4 heterocycles. The number of benzene rings is 1. The Bertz CT molecular complexity index is 1160. The van der Waals surface area contributed by atoms with E-state index in [4.69, 9.17) is 4.42 Å². The summed E-state index contributed by atoms with van der Waals surface area (Å²) in [7, 11) is 0. The number of nitrogens with one attached hydrogen (secondary N) is 1. The smallest absolute Gasteiger partial charge is 0.223 e. The molecule has 8 heteroatoms. The van der Waals surface area contributed by atoms with E-state index in [9.17, 15) is 4.79 Å². The maximum absolute atomic E-state index is 13.0. The number of aryl methyl sites for hydroxylation is 2. The predicted octanol–water partition coefficient (Wildman–Crippen LogP) is 3.74. The van der Waals surface area contributed by atoms with Gasteiger partial charge in [-0.25, -0.2) is 0 Å². The first-order valence-electron chi connectivity index (χ1n) is 11.4. The van der Waals surface area contributed by atoms with Crippen LogP contribution in [0.3, 0.4) is 0 Å². The number of nitrogens with zero attached hydrogens (tertiary/aromatic N) is 5. The molecular weight excluding hydrogens is 404 g/mol. The number of piperidine rings is 1. The Morgan fingerprint density at radius 1 is 1.16 bits per heavy atom. The molecule has 0 spiro atoms. The van der Waals surface area contributed by atoms with Gasteiger partial charge in [0.15, 0.2) is 0 Å². The summed E-state index contributed by atoms with van der Waals surface area (Å²) in [6.45, 7) is 1.67. The highest BCUT2D eigenvalue weighted by molar-refractivity contribution is 5.83. The van der Waals surface area contributed by atoms with E-state index in [1.165, 1.54) is 6.42 Å². The van der Waals surface area contributed by atoms with Gasteiger partial charge < -0.3 is 14.3 Å². The van der Waals surface area contributed by atoms with Gasteiger partial charge in [-0.1, -0.05) is 18.2 Å². The third kappa shape index (κ3) is 4.59. The SMILES string of the molecule is O=C(CCc1nnc(Cc2c[nH]c3ccccc23)o1)N1CCCC[C@@H]1CCn1cccn1. The lowest BCUT2D eigenvalue weighted by Gasteiger charge is -2.36. The normalized spacial score (nSPS) is 16.6. The summed E-state index contributed by atoms with van der Waals surface area (Å²) in [5, 5.41) is 13.8. The van der Waals surface area contributed by atoms with Crippen molar-refractivity contribution in [3.63, 3.8) is 0 Å². The average molecular weight is 433 g/mol. The van der Waals surface area contributed by atoms with Gasteiger partial charge in [0.1, 0.15) is 0 Å². The summed E-state index contributed by atoms with van der Waals surface area (Å²) in [6, 6.07) is 10.4. The van der Waals surface area contributed by atoms with E-state index in [0.29, 0.717) is 31.0 Å². The number of amides is 1. The summed E-state index contributed by atoms with van der Waals surface area (Å²) in [5.41, 5.74) is 2.22. The van der Waals surface area contributed by atoms with Gasteiger partial charge >= 0.3 is 0 Å². The van der Waals surface area contributed by atoms with Crippen LogP contribution in [0.2, 0.25) is 0 Å². The van der Waals surface area contributed by atoms with E-state index in [1.54, 1.807) is 6.20 Å². The van der Waals surface area contributed by atoms with Crippen LogP contribution < -0.4 is 0 Å². The van der Waals surface area contributed by atoms with E-state index in [0.717, 1.165) is 48.8 Å². The number of fused-ring (bicyclic) bond motifs is 1. The fourth-order valence-electron chi connectivity index (χ4n) is 4.60. The Balaban J connectivity index is 1.16. The Hall–Kier alpha value is -3.42. The minimum absolute atomic E-state index is 0.173. The summed E-state index contributed by atoms with van der Waals surface area (Å²) in [5.74, 6) is 1.28. The highest BCUT2D eigenvalue weighted by atomic mass is 16.4. The van der Waals surface area contributed by atoms with Crippen molar-refractivity contribution in [1.82, 2.24) is 29.9 Å². The fourth-order valence-corrected chi connectivity index (χ4v) is 4.60. The van der Waals surface area contributed by atoms with Crippen LogP contribution in [0.5, 0.6) is 0 Å². The summed E-state index contributed by atoms with van der Waals surface area (Å²) >= 11 is 0. The van der Waals surface area contributed by atoms with E-state index >= 15 is 0 Å². The van der Waals surface area contributed by atoms with Crippen LogP contribution >= 0.6 is 0 Å². The van der Waals surface area contributed by atoms with E-state index in [-0.39, 0.29) is 11.9 Å². The zero-order valence-corrected chi connectivity index (χ0v) is 18.1. The van der Waals surface area contributed by atoms with Gasteiger partial charge in [0, 0.05) is 61.5 Å². The van der Waals surface area contributed by atoms with Crippen molar-refractivity contribution in [2.24, 2.45) is 0 Å². The fraction of sp³-hybridized carbons (Fsp3) is 0.417. The predicted molar refractivity (Wildman–Crippen MR) is 120 cm³/mol. The number of hydrogen-bond donors (Lipinski definition) is 1. The monoisotopic (exact) mass is 432 g/mol.